The fourth-order valence-corrected chi connectivity index (χ4v) is 3.38. The van der Waals surface area contributed by atoms with Crippen LogP contribution in [0.25, 0.3) is 10.2 Å². The van der Waals surface area contributed by atoms with Crippen molar-refractivity contribution in [1.29, 1.82) is 0 Å². The van der Waals surface area contributed by atoms with E-state index in [1.54, 1.807) is 18.3 Å². The third-order valence-corrected chi connectivity index (χ3v) is 4.64. The highest BCUT2D eigenvalue weighted by atomic mass is 32.1. The van der Waals surface area contributed by atoms with Crippen molar-refractivity contribution in [3.63, 3.8) is 0 Å². The van der Waals surface area contributed by atoms with Crippen LogP contribution in [0.1, 0.15) is 5.56 Å². The molecule has 0 atom stereocenters. The summed E-state index contributed by atoms with van der Waals surface area (Å²) in [6.07, 6.45) is 1.59. The van der Waals surface area contributed by atoms with Gasteiger partial charge in [0.2, 0.25) is 0 Å². The minimum Gasteiger partial charge on any atom is -0.486 e. The Hall–Kier alpha value is -2.87. The molecule has 0 bridgehead atoms. The Kier molecular flexibility index (Phi) is 3.66. The van der Waals surface area contributed by atoms with E-state index in [2.05, 4.69) is 10.3 Å². The summed E-state index contributed by atoms with van der Waals surface area (Å²) in [6, 6.07) is 8.35. The quantitative estimate of drug-likeness (QED) is 0.769. The van der Waals surface area contributed by atoms with Gasteiger partial charge in [0.1, 0.15) is 18.0 Å². The van der Waals surface area contributed by atoms with E-state index in [4.69, 9.17) is 9.47 Å². The molecule has 0 saturated heterocycles. The monoisotopic (exact) mass is 343 g/mol. The fraction of sp³-hybridized carbons (Fsp3) is 0.188. The van der Waals surface area contributed by atoms with Gasteiger partial charge < -0.3 is 14.8 Å². The average Bonchev–Trinajstić information content (AvgIpc) is 2.97. The van der Waals surface area contributed by atoms with Gasteiger partial charge in [-0.25, -0.2) is 9.78 Å². The van der Waals surface area contributed by atoms with Gasteiger partial charge in [-0.1, -0.05) is 12.1 Å². The molecule has 3 heterocycles. The first-order valence-electron chi connectivity index (χ1n) is 7.37. The van der Waals surface area contributed by atoms with Crippen LogP contribution in [0.15, 0.2) is 41.3 Å². The Bertz CT molecular complexity index is 979. The van der Waals surface area contributed by atoms with Gasteiger partial charge in [0.05, 0.1) is 5.39 Å². The first-order valence-corrected chi connectivity index (χ1v) is 8.14. The lowest BCUT2D eigenvalue weighted by molar-refractivity contribution is 0.169. The molecule has 4 rings (SSSR count). The minimum absolute atomic E-state index is 0.236. The average molecular weight is 343 g/mol. The molecule has 7 nitrogen and oxygen atoms in total. The zero-order valence-electron chi connectivity index (χ0n) is 12.5. The van der Waals surface area contributed by atoms with Crippen molar-refractivity contribution in [2.45, 2.75) is 6.54 Å². The van der Waals surface area contributed by atoms with Gasteiger partial charge in [-0.3, -0.25) is 4.79 Å². The van der Waals surface area contributed by atoms with E-state index in [0.29, 0.717) is 34.9 Å². The summed E-state index contributed by atoms with van der Waals surface area (Å²) in [5.41, 5.74) is 0.433. The van der Waals surface area contributed by atoms with Crippen molar-refractivity contribution >= 4 is 27.8 Å². The molecule has 1 aliphatic heterocycles. The fourth-order valence-electron chi connectivity index (χ4n) is 2.51. The van der Waals surface area contributed by atoms with Crippen LogP contribution in [-0.2, 0) is 6.54 Å². The molecular weight excluding hydrogens is 330 g/mol. The van der Waals surface area contributed by atoms with Gasteiger partial charge in [-0.05, 0) is 29.7 Å². The highest BCUT2D eigenvalue weighted by Gasteiger charge is 2.18. The van der Waals surface area contributed by atoms with Gasteiger partial charge in [-0.2, -0.15) is 3.96 Å². The second-order valence-electron chi connectivity index (χ2n) is 5.15. The second-order valence-corrected chi connectivity index (χ2v) is 6.08. The van der Waals surface area contributed by atoms with Gasteiger partial charge in [0.15, 0.2) is 11.5 Å². The maximum Gasteiger partial charge on any atom is 0.338 e. The normalized spacial score (nSPS) is 13.0. The Labute approximate surface area is 140 Å². The van der Waals surface area contributed by atoms with Crippen molar-refractivity contribution in [1.82, 2.24) is 14.3 Å². The van der Waals surface area contributed by atoms with E-state index in [1.165, 1.54) is 0 Å². The zero-order chi connectivity index (χ0) is 16.5. The van der Waals surface area contributed by atoms with Crippen LogP contribution in [0.3, 0.4) is 0 Å². The van der Waals surface area contributed by atoms with E-state index in [1.807, 2.05) is 18.2 Å². The lowest BCUT2D eigenvalue weighted by atomic mass is 10.1. The van der Waals surface area contributed by atoms with Crippen LogP contribution >= 0.6 is 11.5 Å². The second kappa shape index (κ2) is 5.97. The predicted octanol–water partition coefficient (Wildman–Crippen LogP) is 1.99. The van der Waals surface area contributed by atoms with Crippen LogP contribution < -0.4 is 20.3 Å². The van der Waals surface area contributed by atoms with Crippen molar-refractivity contribution in [2.24, 2.45) is 0 Å². The number of nitrogens with one attached hydrogen (secondary N) is 1. The molecule has 0 aliphatic carbocycles. The van der Waals surface area contributed by atoms with E-state index < -0.39 is 6.03 Å². The maximum atomic E-state index is 12.3. The van der Waals surface area contributed by atoms with E-state index in [-0.39, 0.29) is 12.1 Å². The smallest absolute Gasteiger partial charge is 0.338 e. The van der Waals surface area contributed by atoms with Gasteiger partial charge in [-0.15, -0.1) is 0 Å². The first kappa shape index (κ1) is 14.7. The van der Waals surface area contributed by atoms with E-state index >= 15 is 0 Å². The van der Waals surface area contributed by atoms with Crippen molar-refractivity contribution in [3.8, 4) is 11.5 Å². The molecule has 8 heteroatoms. The number of carbonyl (C=O) groups is 1. The molecule has 3 aromatic rings. The molecule has 1 aliphatic rings. The number of fused-ring (bicyclic) bond motifs is 2. The SMILES string of the molecule is O=C(NCc1cccc2c1OCCO2)n1sc2ncccc2c1=O. The number of carbonyl (C=O) groups excluding carboxylic acids is 1. The number of amides is 1. The number of para-hydroxylation sites is 1. The third-order valence-electron chi connectivity index (χ3n) is 3.63. The Morgan fingerprint density at radius 1 is 1.25 bits per heavy atom. The number of aromatic nitrogens is 2. The summed E-state index contributed by atoms with van der Waals surface area (Å²) in [6.45, 7) is 1.21. The molecule has 0 unspecified atom stereocenters. The molecule has 1 N–H and O–H groups in total. The topological polar surface area (TPSA) is 82.4 Å². The highest BCUT2D eigenvalue weighted by Crippen LogP contribution is 2.33. The van der Waals surface area contributed by atoms with Crippen LogP contribution in [0, 0.1) is 0 Å². The molecule has 24 heavy (non-hydrogen) atoms. The maximum absolute atomic E-state index is 12.3. The van der Waals surface area contributed by atoms with E-state index in [9.17, 15) is 9.59 Å². The Balaban J connectivity index is 1.57. The van der Waals surface area contributed by atoms with Crippen molar-refractivity contribution in [3.05, 3.63) is 52.4 Å². The molecule has 0 radical (unpaired) electrons. The van der Waals surface area contributed by atoms with Crippen molar-refractivity contribution in [2.75, 3.05) is 13.2 Å². The lowest BCUT2D eigenvalue weighted by Crippen LogP contribution is -2.32. The first-order chi connectivity index (χ1) is 11.7. The summed E-state index contributed by atoms with van der Waals surface area (Å²) in [4.78, 5) is 29.2. The standard InChI is InChI=1S/C16H13N3O4S/c20-15-11-4-2-6-17-14(11)24-19(15)16(21)18-9-10-3-1-5-12-13(10)23-8-7-22-12/h1-6H,7-9H2,(H,18,21). The number of benzene rings is 1. The molecule has 1 aromatic carbocycles. The third kappa shape index (κ3) is 2.50. The van der Waals surface area contributed by atoms with Crippen LogP contribution in [0.5, 0.6) is 11.5 Å². The van der Waals surface area contributed by atoms with Gasteiger partial charge in [0, 0.05) is 18.3 Å². The largest absolute Gasteiger partial charge is 0.486 e. The molecule has 1 amide bonds. The number of hydrogen-bond acceptors (Lipinski definition) is 6. The number of ether oxygens (including phenoxy) is 2. The molecule has 0 fully saturated rings. The summed E-state index contributed by atoms with van der Waals surface area (Å²) < 4.78 is 12.2. The molecular formula is C16H13N3O4S. The number of nitrogens with zero attached hydrogens (tertiary/aromatic N) is 2. The summed E-state index contributed by atoms with van der Waals surface area (Å²) in [7, 11) is 0. The molecule has 0 spiro atoms. The Morgan fingerprint density at radius 2 is 2.12 bits per heavy atom. The molecule has 122 valence electrons. The molecule has 0 saturated carbocycles. The number of pyridine rings is 1. The van der Waals surface area contributed by atoms with Crippen LogP contribution in [0.4, 0.5) is 4.79 Å². The highest BCUT2D eigenvalue weighted by molar-refractivity contribution is 7.14. The van der Waals surface area contributed by atoms with Crippen LogP contribution in [-0.4, -0.2) is 28.2 Å². The van der Waals surface area contributed by atoms with Gasteiger partial charge >= 0.3 is 6.03 Å². The lowest BCUT2D eigenvalue weighted by Gasteiger charge is -2.21. The minimum atomic E-state index is -0.489. The van der Waals surface area contributed by atoms with Crippen molar-refractivity contribution < 1.29 is 14.3 Å². The zero-order valence-corrected chi connectivity index (χ0v) is 13.3. The van der Waals surface area contributed by atoms with E-state index in [0.717, 1.165) is 21.1 Å². The number of hydrogen-bond donors (Lipinski definition) is 1. The summed E-state index contributed by atoms with van der Waals surface area (Å²) in [5, 5.41) is 3.17. The number of rotatable bonds is 2. The van der Waals surface area contributed by atoms with Gasteiger partial charge in [0.25, 0.3) is 5.56 Å². The Morgan fingerprint density at radius 3 is 3.00 bits per heavy atom. The van der Waals surface area contributed by atoms with Crippen LogP contribution in [0.2, 0.25) is 0 Å². The summed E-state index contributed by atoms with van der Waals surface area (Å²) >= 11 is 1.02. The molecule has 2 aromatic heterocycles. The predicted molar refractivity (Wildman–Crippen MR) is 88.9 cm³/mol. The summed E-state index contributed by atoms with van der Waals surface area (Å²) in [5.74, 6) is 1.30.